The molecule has 1 N–H and O–H groups in total. The van der Waals surface area contributed by atoms with Gasteiger partial charge in [-0.15, -0.1) is 0 Å². The maximum Gasteiger partial charge on any atom is 0.259 e. The van der Waals surface area contributed by atoms with E-state index in [1.807, 2.05) is 25.1 Å². The Kier molecular flexibility index (Phi) is 4.13. The van der Waals surface area contributed by atoms with Gasteiger partial charge in [0.2, 0.25) is 0 Å². The van der Waals surface area contributed by atoms with Crippen LogP contribution in [0.3, 0.4) is 0 Å². The molecule has 0 saturated heterocycles. The Balaban J connectivity index is 2.06. The summed E-state index contributed by atoms with van der Waals surface area (Å²) in [5.41, 5.74) is 2.92. The number of fused-ring (bicyclic) bond motifs is 1. The first-order valence-electron chi connectivity index (χ1n) is 7.03. The van der Waals surface area contributed by atoms with Gasteiger partial charge < -0.3 is 10.0 Å². The van der Waals surface area contributed by atoms with Gasteiger partial charge in [0.25, 0.3) is 5.91 Å². The second kappa shape index (κ2) is 5.92. The third-order valence-electron chi connectivity index (χ3n) is 3.93. The van der Waals surface area contributed by atoms with Gasteiger partial charge >= 0.3 is 0 Å². The Hall–Kier alpha value is -1.55. The molecule has 114 valence electrons. The van der Waals surface area contributed by atoms with Crippen molar-refractivity contribution in [3.63, 3.8) is 0 Å². The number of para-hydroxylation sites is 1. The van der Waals surface area contributed by atoms with Gasteiger partial charge in [0.05, 0.1) is 22.4 Å². The van der Waals surface area contributed by atoms with Crippen molar-refractivity contribution in [2.75, 3.05) is 11.4 Å². The number of aliphatic hydroxyl groups is 1. The first-order valence-corrected chi connectivity index (χ1v) is 7.79. The highest BCUT2D eigenvalue weighted by Crippen LogP contribution is 2.37. The number of hydrogen-bond donors (Lipinski definition) is 1. The second-order valence-electron chi connectivity index (χ2n) is 5.40. The summed E-state index contributed by atoms with van der Waals surface area (Å²) in [5.74, 6) is -0.177. The number of carbonyl (C=O) groups is 1. The number of amides is 1. The highest BCUT2D eigenvalue weighted by molar-refractivity contribution is 6.37. The molecular weight excluding hydrogens is 321 g/mol. The average Bonchev–Trinajstić information content (AvgIpc) is 2.48. The number of anilines is 1. The van der Waals surface area contributed by atoms with Gasteiger partial charge in [-0.3, -0.25) is 4.79 Å². The summed E-state index contributed by atoms with van der Waals surface area (Å²) in [5, 5.41) is 11.0. The molecule has 1 atom stereocenters. The van der Waals surface area contributed by atoms with Crippen molar-refractivity contribution in [3.05, 3.63) is 63.1 Å². The predicted molar refractivity (Wildman–Crippen MR) is 88.9 cm³/mol. The summed E-state index contributed by atoms with van der Waals surface area (Å²) in [6.07, 6.45) is -0.0347. The van der Waals surface area contributed by atoms with Crippen LogP contribution in [0.25, 0.3) is 0 Å². The van der Waals surface area contributed by atoms with Gasteiger partial charge in [-0.1, -0.05) is 41.4 Å². The first kappa shape index (κ1) is 15.3. The Morgan fingerprint density at radius 2 is 2.05 bits per heavy atom. The summed E-state index contributed by atoms with van der Waals surface area (Å²) in [4.78, 5) is 14.6. The van der Waals surface area contributed by atoms with E-state index in [2.05, 4.69) is 0 Å². The summed E-state index contributed by atoms with van der Waals surface area (Å²) in [6.45, 7) is 2.39. The molecule has 2 aromatic rings. The van der Waals surface area contributed by atoms with Crippen molar-refractivity contribution in [2.24, 2.45) is 0 Å². The molecule has 0 spiro atoms. The molecule has 22 heavy (non-hydrogen) atoms. The smallest absolute Gasteiger partial charge is 0.259 e. The molecule has 2 aromatic carbocycles. The highest BCUT2D eigenvalue weighted by Gasteiger charge is 2.30. The van der Waals surface area contributed by atoms with Crippen LogP contribution in [0.1, 0.15) is 34.0 Å². The summed E-state index contributed by atoms with van der Waals surface area (Å²) in [7, 11) is 0. The lowest BCUT2D eigenvalue weighted by Crippen LogP contribution is -2.37. The quantitative estimate of drug-likeness (QED) is 0.839. The fraction of sp³-hybridized carbons (Fsp3) is 0.235. The van der Waals surface area contributed by atoms with Crippen LogP contribution in [-0.4, -0.2) is 17.6 Å². The lowest BCUT2D eigenvalue weighted by molar-refractivity contribution is 0.0970. The minimum atomic E-state index is -0.542. The fourth-order valence-electron chi connectivity index (χ4n) is 2.85. The topological polar surface area (TPSA) is 40.5 Å². The maximum atomic E-state index is 12.9. The van der Waals surface area contributed by atoms with Gasteiger partial charge in [-0.2, -0.15) is 0 Å². The van der Waals surface area contributed by atoms with E-state index in [9.17, 15) is 9.90 Å². The second-order valence-corrected chi connectivity index (χ2v) is 6.24. The van der Waals surface area contributed by atoms with Crippen LogP contribution in [0.5, 0.6) is 0 Å². The van der Waals surface area contributed by atoms with Gasteiger partial charge in [0, 0.05) is 17.1 Å². The average molecular weight is 336 g/mol. The molecule has 3 rings (SSSR count). The van der Waals surface area contributed by atoms with Crippen LogP contribution in [0.15, 0.2) is 36.4 Å². The minimum absolute atomic E-state index is 0.177. The standard InChI is InChI=1S/C17H15Cl2NO2/c1-10-3-2-4-13-15(21)7-8-20(16(10)13)17(22)12-6-5-11(18)9-14(12)19/h2-6,9,15,21H,7-8H2,1H3. The molecule has 1 heterocycles. The number of carbonyl (C=O) groups excluding carboxylic acids is 1. The molecule has 1 aliphatic rings. The van der Waals surface area contributed by atoms with Gasteiger partial charge in [0.15, 0.2) is 0 Å². The van der Waals surface area contributed by atoms with Crippen molar-refractivity contribution in [1.29, 1.82) is 0 Å². The van der Waals surface area contributed by atoms with Gasteiger partial charge in [-0.05, 0) is 37.1 Å². The molecule has 1 aliphatic heterocycles. The summed E-state index contributed by atoms with van der Waals surface area (Å²) < 4.78 is 0. The van der Waals surface area contributed by atoms with Gasteiger partial charge in [-0.25, -0.2) is 0 Å². The van der Waals surface area contributed by atoms with Crippen molar-refractivity contribution < 1.29 is 9.90 Å². The highest BCUT2D eigenvalue weighted by atomic mass is 35.5. The zero-order valence-electron chi connectivity index (χ0n) is 12.0. The Labute approximate surface area is 139 Å². The lowest BCUT2D eigenvalue weighted by Gasteiger charge is -2.33. The largest absolute Gasteiger partial charge is 0.388 e. The number of hydrogen-bond acceptors (Lipinski definition) is 2. The number of aliphatic hydroxyl groups excluding tert-OH is 1. The van der Waals surface area contributed by atoms with E-state index in [-0.39, 0.29) is 5.91 Å². The normalized spacial score (nSPS) is 17.3. The van der Waals surface area contributed by atoms with Crippen LogP contribution in [-0.2, 0) is 0 Å². The molecule has 0 aromatic heterocycles. The predicted octanol–water partition coefficient (Wildman–Crippen LogP) is 4.39. The van der Waals surface area contributed by atoms with Crippen molar-refractivity contribution in [2.45, 2.75) is 19.4 Å². The third kappa shape index (κ3) is 2.60. The van der Waals surface area contributed by atoms with Crippen LogP contribution in [0.2, 0.25) is 10.0 Å². The first-order chi connectivity index (χ1) is 10.5. The SMILES string of the molecule is Cc1cccc2c1N(C(=O)c1ccc(Cl)cc1Cl)CCC2O. The van der Waals surface area contributed by atoms with Gasteiger partial charge in [0.1, 0.15) is 0 Å². The molecule has 5 heteroatoms. The molecule has 0 saturated carbocycles. The fourth-order valence-corrected chi connectivity index (χ4v) is 3.34. The Morgan fingerprint density at radius 1 is 1.27 bits per heavy atom. The van der Waals surface area contributed by atoms with E-state index >= 15 is 0 Å². The van der Waals surface area contributed by atoms with Crippen molar-refractivity contribution in [1.82, 2.24) is 0 Å². The van der Waals surface area contributed by atoms with E-state index in [0.29, 0.717) is 28.6 Å². The number of aryl methyl sites for hydroxylation is 1. The van der Waals surface area contributed by atoms with Crippen molar-refractivity contribution in [3.8, 4) is 0 Å². The summed E-state index contributed by atoms with van der Waals surface area (Å²) >= 11 is 12.0. The summed E-state index contributed by atoms with van der Waals surface area (Å²) in [6, 6.07) is 10.5. The van der Waals surface area contributed by atoms with Crippen LogP contribution >= 0.6 is 23.2 Å². The number of benzene rings is 2. The minimum Gasteiger partial charge on any atom is -0.388 e. The molecule has 1 unspecified atom stereocenters. The Morgan fingerprint density at radius 3 is 2.77 bits per heavy atom. The molecule has 0 radical (unpaired) electrons. The van der Waals surface area contributed by atoms with Crippen molar-refractivity contribution >= 4 is 34.8 Å². The Bertz CT molecular complexity index is 745. The van der Waals surface area contributed by atoms with E-state index in [1.54, 1.807) is 23.1 Å². The monoisotopic (exact) mass is 335 g/mol. The molecular formula is C17H15Cl2NO2. The molecule has 3 nitrogen and oxygen atoms in total. The molecule has 0 fully saturated rings. The molecule has 1 amide bonds. The van der Waals surface area contributed by atoms with Crippen LogP contribution in [0, 0.1) is 6.92 Å². The van der Waals surface area contributed by atoms with Crippen LogP contribution < -0.4 is 4.90 Å². The lowest BCUT2D eigenvalue weighted by atomic mass is 9.95. The maximum absolute atomic E-state index is 12.9. The van der Waals surface area contributed by atoms with Crippen LogP contribution in [0.4, 0.5) is 5.69 Å². The van der Waals surface area contributed by atoms with E-state index in [1.165, 1.54) is 0 Å². The third-order valence-corrected chi connectivity index (χ3v) is 4.48. The molecule has 0 aliphatic carbocycles. The number of rotatable bonds is 1. The number of nitrogens with zero attached hydrogens (tertiary/aromatic N) is 1. The molecule has 0 bridgehead atoms. The van der Waals surface area contributed by atoms with E-state index in [4.69, 9.17) is 23.2 Å². The van der Waals surface area contributed by atoms with E-state index < -0.39 is 6.10 Å². The number of halogens is 2. The zero-order chi connectivity index (χ0) is 15.9. The van der Waals surface area contributed by atoms with E-state index in [0.717, 1.165) is 16.8 Å². The zero-order valence-corrected chi connectivity index (χ0v) is 13.5.